The lowest BCUT2D eigenvalue weighted by Gasteiger charge is -2.31. The maximum absolute atomic E-state index is 12.7. The van der Waals surface area contributed by atoms with Crippen molar-refractivity contribution in [3.8, 4) is 5.75 Å². The van der Waals surface area contributed by atoms with E-state index < -0.39 is 34.9 Å². The maximum atomic E-state index is 12.7. The van der Waals surface area contributed by atoms with E-state index in [1.807, 2.05) is 30.3 Å². The van der Waals surface area contributed by atoms with Crippen LogP contribution in [0.1, 0.15) is 12.0 Å². The summed E-state index contributed by atoms with van der Waals surface area (Å²) in [5.41, 5.74) is 0.983. The van der Waals surface area contributed by atoms with Gasteiger partial charge in [0, 0.05) is 12.6 Å². The van der Waals surface area contributed by atoms with Crippen LogP contribution >= 0.6 is 0 Å². The van der Waals surface area contributed by atoms with E-state index in [0.717, 1.165) is 5.56 Å². The minimum absolute atomic E-state index is 0.0411. The Labute approximate surface area is 181 Å². The van der Waals surface area contributed by atoms with Gasteiger partial charge in [0.15, 0.2) is 0 Å². The van der Waals surface area contributed by atoms with Crippen molar-refractivity contribution in [1.29, 1.82) is 0 Å². The largest absolute Gasteiger partial charge is 0.497 e. The Hall–Kier alpha value is -2.72. The molecule has 0 unspecified atom stereocenters. The van der Waals surface area contributed by atoms with Crippen molar-refractivity contribution < 1.29 is 27.8 Å². The van der Waals surface area contributed by atoms with Gasteiger partial charge in [0.05, 0.1) is 37.2 Å². The van der Waals surface area contributed by atoms with E-state index in [-0.39, 0.29) is 17.2 Å². The summed E-state index contributed by atoms with van der Waals surface area (Å²) in [6.45, 7) is 0.000268. The van der Waals surface area contributed by atoms with Crippen LogP contribution in [-0.2, 0) is 26.1 Å². The molecule has 0 aromatic heterocycles. The number of ether oxygens (including phenoxy) is 2. The molecular weight excluding hydrogens is 420 g/mol. The molecule has 1 amide bonds. The van der Waals surface area contributed by atoms with Gasteiger partial charge in [-0.25, -0.2) is 13.1 Å². The van der Waals surface area contributed by atoms with Crippen LogP contribution in [0.2, 0.25) is 0 Å². The number of carbonyl (C=O) groups excluding carboxylic acids is 1. The predicted molar refractivity (Wildman–Crippen MR) is 115 cm³/mol. The molecule has 31 heavy (non-hydrogen) atoms. The summed E-state index contributed by atoms with van der Waals surface area (Å²) >= 11 is 0. The highest BCUT2D eigenvalue weighted by Gasteiger charge is 2.31. The number of benzene rings is 2. The zero-order valence-corrected chi connectivity index (χ0v) is 17.9. The van der Waals surface area contributed by atoms with Crippen LogP contribution in [0.25, 0.3) is 0 Å². The van der Waals surface area contributed by atoms with Crippen LogP contribution in [0.3, 0.4) is 0 Å². The molecule has 3 rings (SSSR count). The van der Waals surface area contributed by atoms with Crippen molar-refractivity contribution in [2.75, 3.05) is 13.7 Å². The summed E-state index contributed by atoms with van der Waals surface area (Å²) in [6.07, 6.45) is 1.92. The second-order valence-corrected chi connectivity index (χ2v) is 8.79. The fraction of sp³-hybridized carbons (Fsp3) is 0.318. The Morgan fingerprint density at radius 3 is 2.61 bits per heavy atom. The molecule has 0 spiro atoms. The lowest BCUT2D eigenvalue weighted by atomic mass is 10.1. The number of hydrogen-bond donors (Lipinski definition) is 3. The molecule has 3 N–H and O–H groups in total. The van der Waals surface area contributed by atoms with Gasteiger partial charge >= 0.3 is 0 Å². The van der Waals surface area contributed by atoms with Gasteiger partial charge in [-0.2, -0.15) is 0 Å². The molecule has 2 aromatic carbocycles. The molecule has 2 aromatic rings. The third-order valence-corrected chi connectivity index (χ3v) is 6.28. The summed E-state index contributed by atoms with van der Waals surface area (Å²) in [5.74, 6) is 0.212. The molecule has 0 fully saturated rings. The number of nitrogens with one attached hydrogen (secondary N) is 2. The summed E-state index contributed by atoms with van der Waals surface area (Å²) in [4.78, 5) is 12.3. The molecule has 3 atom stereocenters. The van der Waals surface area contributed by atoms with E-state index in [0.29, 0.717) is 12.3 Å². The van der Waals surface area contributed by atoms with Crippen LogP contribution in [0.4, 0.5) is 0 Å². The van der Waals surface area contributed by atoms with Gasteiger partial charge in [-0.3, -0.25) is 4.79 Å². The van der Waals surface area contributed by atoms with Crippen molar-refractivity contribution in [3.63, 3.8) is 0 Å². The normalized spacial score (nSPS) is 20.9. The topological polar surface area (TPSA) is 114 Å². The summed E-state index contributed by atoms with van der Waals surface area (Å²) < 4.78 is 38.8. The highest BCUT2D eigenvalue weighted by Crippen LogP contribution is 2.20. The Morgan fingerprint density at radius 2 is 1.90 bits per heavy atom. The quantitative estimate of drug-likeness (QED) is 0.502. The molecule has 0 radical (unpaired) electrons. The van der Waals surface area contributed by atoms with E-state index in [2.05, 4.69) is 10.0 Å². The van der Waals surface area contributed by atoms with E-state index >= 15 is 0 Å². The molecule has 166 valence electrons. The molecule has 1 aliphatic rings. The fourth-order valence-electron chi connectivity index (χ4n) is 3.18. The van der Waals surface area contributed by atoms with Gasteiger partial charge in [-0.15, -0.1) is 0 Å². The molecule has 0 bridgehead atoms. The number of rotatable bonds is 9. The Balaban J connectivity index is 1.60. The first kappa shape index (κ1) is 23.0. The maximum Gasteiger partial charge on any atom is 0.241 e. The van der Waals surface area contributed by atoms with Crippen molar-refractivity contribution in [1.82, 2.24) is 10.0 Å². The lowest BCUT2D eigenvalue weighted by Crippen LogP contribution is -2.49. The summed E-state index contributed by atoms with van der Waals surface area (Å²) in [6, 6.07) is 14.8. The van der Waals surface area contributed by atoms with Gasteiger partial charge in [0.1, 0.15) is 11.9 Å². The third kappa shape index (κ3) is 6.38. The monoisotopic (exact) mass is 446 g/mol. The number of aliphatic hydroxyl groups is 1. The molecule has 8 nitrogen and oxygen atoms in total. The Kier molecular flexibility index (Phi) is 7.80. The van der Waals surface area contributed by atoms with Gasteiger partial charge < -0.3 is 19.9 Å². The second kappa shape index (κ2) is 10.5. The minimum Gasteiger partial charge on any atom is -0.497 e. The van der Waals surface area contributed by atoms with Crippen LogP contribution in [0, 0.1) is 0 Å². The van der Waals surface area contributed by atoms with Crippen molar-refractivity contribution in [2.24, 2.45) is 0 Å². The van der Waals surface area contributed by atoms with Gasteiger partial charge in [0.25, 0.3) is 0 Å². The summed E-state index contributed by atoms with van der Waals surface area (Å²) in [7, 11) is -2.41. The zero-order chi connectivity index (χ0) is 22.3. The lowest BCUT2D eigenvalue weighted by molar-refractivity contribution is -0.125. The second-order valence-electron chi connectivity index (χ2n) is 7.07. The number of methoxy groups -OCH3 is 1. The average Bonchev–Trinajstić information content (AvgIpc) is 2.79. The minimum atomic E-state index is -3.87. The number of carbonyl (C=O) groups is 1. The van der Waals surface area contributed by atoms with Gasteiger partial charge in [-0.1, -0.05) is 48.6 Å². The standard InChI is InChI=1S/C22H26N2O6S/c1-29-17-8-5-9-19(12-17)31(27,28)24-20-11-10-18(30-21(20)15-25)13-22(26)23-14-16-6-3-2-4-7-16/h2-12,18,20-21,24-25H,13-15H2,1H3,(H,23,26)/t18-,20-,21+/m0/s1. The zero-order valence-electron chi connectivity index (χ0n) is 17.1. The highest BCUT2D eigenvalue weighted by atomic mass is 32.2. The van der Waals surface area contributed by atoms with E-state index in [1.54, 1.807) is 24.3 Å². The van der Waals surface area contributed by atoms with Crippen molar-refractivity contribution in [3.05, 3.63) is 72.3 Å². The Bertz CT molecular complexity index is 1010. The summed E-state index contributed by atoms with van der Waals surface area (Å²) in [5, 5.41) is 12.5. The fourth-order valence-corrected chi connectivity index (χ4v) is 4.43. The molecule has 0 aliphatic carbocycles. The van der Waals surface area contributed by atoms with Crippen LogP contribution in [-0.4, -0.2) is 51.4 Å². The average molecular weight is 447 g/mol. The van der Waals surface area contributed by atoms with Crippen molar-refractivity contribution in [2.45, 2.75) is 36.1 Å². The molecule has 1 heterocycles. The molecule has 0 saturated heterocycles. The van der Waals surface area contributed by atoms with Gasteiger partial charge in [-0.05, 0) is 17.7 Å². The first-order valence-corrected chi connectivity index (χ1v) is 11.3. The molecule has 9 heteroatoms. The van der Waals surface area contributed by atoms with Crippen LogP contribution in [0.5, 0.6) is 5.75 Å². The third-order valence-electron chi connectivity index (χ3n) is 4.82. The van der Waals surface area contributed by atoms with E-state index in [9.17, 15) is 18.3 Å². The van der Waals surface area contributed by atoms with Gasteiger partial charge in [0.2, 0.25) is 15.9 Å². The number of hydrogen-bond acceptors (Lipinski definition) is 6. The van der Waals surface area contributed by atoms with Crippen LogP contribution in [0.15, 0.2) is 71.6 Å². The first-order valence-electron chi connectivity index (χ1n) is 9.83. The first-order chi connectivity index (χ1) is 14.9. The highest BCUT2D eigenvalue weighted by molar-refractivity contribution is 7.89. The predicted octanol–water partition coefficient (Wildman–Crippen LogP) is 1.36. The smallest absolute Gasteiger partial charge is 0.241 e. The molecule has 1 aliphatic heterocycles. The number of aliphatic hydroxyl groups excluding tert-OH is 1. The van der Waals surface area contributed by atoms with Crippen LogP contribution < -0.4 is 14.8 Å². The Morgan fingerprint density at radius 1 is 1.13 bits per heavy atom. The number of sulfonamides is 1. The van der Waals surface area contributed by atoms with Crippen molar-refractivity contribution >= 4 is 15.9 Å². The molecular formula is C22H26N2O6S. The van der Waals surface area contributed by atoms with E-state index in [4.69, 9.17) is 9.47 Å². The molecule has 0 saturated carbocycles. The SMILES string of the molecule is COc1cccc(S(=O)(=O)N[C@H]2C=C[C@@H](CC(=O)NCc3ccccc3)O[C@@H]2CO)c1. The number of amides is 1. The van der Waals surface area contributed by atoms with E-state index in [1.165, 1.54) is 19.2 Å².